The van der Waals surface area contributed by atoms with E-state index in [1.165, 1.54) is 0 Å². The molecule has 4 nitrogen and oxygen atoms in total. The predicted octanol–water partition coefficient (Wildman–Crippen LogP) is 1.86. The highest BCUT2D eigenvalue weighted by Crippen LogP contribution is 2.19. The summed E-state index contributed by atoms with van der Waals surface area (Å²) in [6, 6.07) is 7.02. The molecule has 0 saturated carbocycles. The van der Waals surface area contributed by atoms with Crippen LogP contribution in [0.25, 0.3) is 0 Å². The molecule has 88 valence electrons. The van der Waals surface area contributed by atoms with Crippen molar-refractivity contribution in [2.45, 2.75) is 6.92 Å². The summed E-state index contributed by atoms with van der Waals surface area (Å²) in [4.78, 5) is 13.1. The summed E-state index contributed by atoms with van der Waals surface area (Å²) in [5, 5.41) is 9.08. The molecule has 0 aliphatic carbocycles. The Morgan fingerprint density at radius 2 is 2.12 bits per heavy atom. The molecule has 1 aromatic carbocycles. The van der Waals surface area contributed by atoms with Crippen LogP contribution in [0.3, 0.4) is 0 Å². The molecule has 1 aromatic rings. The van der Waals surface area contributed by atoms with Crippen LogP contribution in [0.1, 0.15) is 17.3 Å². The van der Waals surface area contributed by atoms with Gasteiger partial charge in [-0.3, -0.25) is 0 Å². The second kappa shape index (κ2) is 6.12. The van der Waals surface area contributed by atoms with Crippen LogP contribution in [-0.2, 0) is 4.74 Å². The number of ether oxygens (including phenoxy) is 1. The van der Waals surface area contributed by atoms with Gasteiger partial charge in [0.25, 0.3) is 0 Å². The van der Waals surface area contributed by atoms with Crippen LogP contribution >= 0.6 is 0 Å². The predicted molar refractivity (Wildman–Crippen MR) is 63.2 cm³/mol. The summed E-state index contributed by atoms with van der Waals surface area (Å²) in [5.41, 5.74) is 1.08. The molecule has 0 amide bonds. The van der Waals surface area contributed by atoms with Gasteiger partial charge in [-0.2, -0.15) is 0 Å². The number of nitrogens with zero attached hydrogens (tertiary/aromatic N) is 1. The van der Waals surface area contributed by atoms with Crippen molar-refractivity contribution in [3.63, 3.8) is 0 Å². The highest BCUT2D eigenvalue weighted by atomic mass is 16.5. The second-order valence-electron chi connectivity index (χ2n) is 3.39. The molecule has 0 aromatic heterocycles. The Morgan fingerprint density at radius 3 is 2.69 bits per heavy atom. The molecule has 4 heteroatoms. The first-order valence-electron chi connectivity index (χ1n) is 5.27. The molecule has 0 unspecified atom stereocenters. The molecule has 0 fully saturated rings. The number of rotatable bonds is 6. The van der Waals surface area contributed by atoms with Gasteiger partial charge in [-0.15, -0.1) is 0 Å². The van der Waals surface area contributed by atoms with E-state index in [9.17, 15) is 4.79 Å². The third-order valence-electron chi connectivity index (χ3n) is 2.42. The normalized spacial score (nSPS) is 10.1. The number of hydrogen-bond acceptors (Lipinski definition) is 3. The lowest BCUT2D eigenvalue weighted by atomic mass is 10.1. The molecule has 0 aliphatic heterocycles. The van der Waals surface area contributed by atoms with Crippen molar-refractivity contribution in [2.75, 3.05) is 31.7 Å². The second-order valence-corrected chi connectivity index (χ2v) is 3.39. The van der Waals surface area contributed by atoms with Crippen LogP contribution in [0, 0.1) is 0 Å². The van der Waals surface area contributed by atoms with Crippen molar-refractivity contribution >= 4 is 11.7 Å². The van der Waals surface area contributed by atoms with Gasteiger partial charge in [-0.05, 0) is 19.1 Å². The highest BCUT2D eigenvalue weighted by Gasteiger charge is 2.13. The molecule has 0 bridgehead atoms. The lowest BCUT2D eigenvalue weighted by molar-refractivity contribution is 0.0697. The number of aromatic carboxylic acids is 1. The third kappa shape index (κ3) is 2.97. The number of methoxy groups -OCH3 is 1. The van der Waals surface area contributed by atoms with Gasteiger partial charge in [0.05, 0.1) is 17.9 Å². The summed E-state index contributed by atoms with van der Waals surface area (Å²) < 4.78 is 5.01. The van der Waals surface area contributed by atoms with Gasteiger partial charge < -0.3 is 14.7 Å². The molecular formula is C12H17NO3. The maximum atomic E-state index is 11.1. The number of hydrogen-bond donors (Lipinski definition) is 1. The smallest absolute Gasteiger partial charge is 0.337 e. The molecule has 0 spiro atoms. The Kier molecular flexibility index (Phi) is 4.79. The first-order valence-corrected chi connectivity index (χ1v) is 5.27. The summed E-state index contributed by atoms with van der Waals surface area (Å²) in [5.74, 6) is -0.897. The lowest BCUT2D eigenvalue weighted by Crippen LogP contribution is -2.28. The summed E-state index contributed by atoms with van der Waals surface area (Å²) in [6.45, 7) is 4.03. The van der Waals surface area contributed by atoms with Gasteiger partial charge in [0, 0.05) is 20.2 Å². The zero-order chi connectivity index (χ0) is 12.0. The Morgan fingerprint density at radius 1 is 1.44 bits per heavy atom. The maximum absolute atomic E-state index is 11.1. The van der Waals surface area contributed by atoms with Crippen molar-refractivity contribution in [2.24, 2.45) is 0 Å². The van der Waals surface area contributed by atoms with Gasteiger partial charge in [-0.1, -0.05) is 12.1 Å². The van der Waals surface area contributed by atoms with E-state index in [0.29, 0.717) is 18.7 Å². The number of carboxylic acid groups (broad SMARTS) is 1. The molecule has 0 atom stereocenters. The van der Waals surface area contributed by atoms with Crippen molar-refractivity contribution in [3.05, 3.63) is 29.8 Å². The molecule has 16 heavy (non-hydrogen) atoms. The first kappa shape index (κ1) is 12.5. The van der Waals surface area contributed by atoms with E-state index in [2.05, 4.69) is 0 Å². The minimum atomic E-state index is -0.897. The van der Waals surface area contributed by atoms with Crippen LogP contribution in [-0.4, -0.2) is 37.9 Å². The molecule has 1 rings (SSSR count). The summed E-state index contributed by atoms with van der Waals surface area (Å²) >= 11 is 0. The quantitative estimate of drug-likeness (QED) is 0.799. The Balaban J connectivity index is 2.94. The molecule has 0 saturated heterocycles. The van der Waals surface area contributed by atoms with E-state index < -0.39 is 5.97 Å². The number of para-hydroxylation sites is 1. The number of likely N-dealkylation sites (N-methyl/N-ethyl adjacent to an activating group) is 1. The van der Waals surface area contributed by atoms with Crippen molar-refractivity contribution in [3.8, 4) is 0 Å². The first-order chi connectivity index (χ1) is 7.70. The van der Waals surface area contributed by atoms with Gasteiger partial charge in [0.2, 0.25) is 0 Å². The molecule has 0 heterocycles. The number of anilines is 1. The van der Waals surface area contributed by atoms with E-state index in [1.807, 2.05) is 24.0 Å². The van der Waals surface area contributed by atoms with Crippen LogP contribution in [0.2, 0.25) is 0 Å². The van der Waals surface area contributed by atoms with E-state index in [0.717, 1.165) is 12.2 Å². The van der Waals surface area contributed by atoms with E-state index in [-0.39, 0.29) is 0 Å². The number of carbonyl (C=O) groups is 1. The zero-order valence-corrected chi connectivity index (χ0v) is 9.64. The zero-order valence-electron chi connectivity index (χ0n) is 9.64. The van der Waals surface area contributed by atoms with Crippen LogP contribution in [0.4, 0.5) is 5.69 Å². The number of carboxylic acids is 1. The van der Waals surface area contributed by atoms with E-state index in [4.69, 9.17) is 9.84 Å². The number of benzene rings is 1. The topological polar surface area (TPSA) is 49.8 Å². The molecule has 0 aliphatic rings. The van der Waals surface area contributed by atoms with Gasteiger partial charge in [-0.25, -0.2) is 4.79 Å². The fraction of sp³-hybridized carbons (Fsp3) is 0.417. The fourth-order valence-electron chi connectivity index (χ4n) is 1.58. The monoisotopic (exact) mass is 223 g/mol. The van der Waals surface area contributed by atoms with Crippen LogP contribution < -0.4 is 4.90 Å². The Labute approximate surface area is 95.5 Å². The average Bonchev–Trinajstić information content (AvgIpc) is 2.30. The van der Waals surface area contributed by atoms with Crippen molar-refractivity contribution in [1.82, 2.24) is 0 Å². The minimum absolute atomic E-state index is 0.334. The van der Waals surface area contributed by atoms with Crippen LogP contribution in [0.5, 0.6) is 0 Å². The molecule has 1 N–H and O–H groups in total. The van der Waals surface area contributed by atoms with Crippen LogP contribution in [0.15, 0.2) is 24.3 Å². The Hall–Kier alpha value is -1.55. The summed E-state index contributed by atoms with van der Waals surface area (Å²) in [7, 11) is 1.64. The Bertz CT molecular complexity index is 352. The minimum Gasteiger partial charge on any atom is -0.478 e. The van der Waals surface area contributed by atoms with Gasteiger partial charge in [0.15, 0.2) is 0 Å². The van der Waals surface area contributed by atoms with Crippen molar-refractivity contribution in [1.29, 1.82) is 0 Å². The largest absolute Gasteiger partial charge is 0.478 e. The SMILES string of the molecule is CCN(CCOC)c1ccccc1C(=O)O. The average molecular weight is 223 g/mol. The third-order valence-corrected chi connectivity index (χ3v) is 2.42. The maximum Gasteiger partial charge on any atom is 0.337 e. The lowest BCUT2D eigenvalue weighted by Gasteiger charge is -2.24. The highest BCUT2D eigenvalue weighted by molar-refractivity contribution is 5.94. The summed E-state index contributed by atoms with van der Waals surface area (Å²) in [6.07, 6.45) is 0. The molecular weight excluding hydrogens is 206 g/mol. The fourth-order valence-corrected chi connectivity index (χ4v) is 1.58. The van der Waals surface area contributed by atoms with Gasteiger partial charge in [0.1, 0.15) is 0 Å². The van der Waals surface area contributed by atoms with E-state index in [1.54, 1.807) is 19.2 Å². The molecule has 0 radical (unpaired) electrons. The van der Waals surface area contributed by atoms with Gasteiger partial charge >= 0.3 is 5.97 Å². The van der Waals surface area contributed by atoms with Crippen molar-refractivity contribution < 1.29 is 14.6 Å². The standard InChI is InChI=1S/C12H17NO3/c1-3-13(8-9-16-2)11-7-5-4-6-10(11)12(14)15/h4-7H,3,8-9H2,1-2H3,(H,14,15). The van der Waals surface area contributed by atoms with E-state index >= 15 is 0 Å².